The lowest BCUT2D eigenvalue weighted by Crippen LogP contribution is -2.51. The Kier molecular flexibility index (Phi) is 6.87. The topological polar surface area (TPSA) is 136 Å². The van der Waals surface area contributed by atoms with Crippen LogP contribution in [0.25, 0.3) is 0 Å². The van der Waals surface area contributed by atoms with E-state index < -0.39 is 29.9 Å². The number of rotatable bonds is 5. The van der Waals surface area contributed by atoms with Crippen molar-refractivity contribution in [2.24, 2.45) is 0 Å². The number of carbonyl (C=O) groups excluding carboxylic acids is 2. The zero-order valence-electron chi connectivity index (χ0n) is 14.8. The Morgan fingerprint density at radius 2 is 1.61 bits per heavy atom. The molecule has 8 nitrogen and oxygen atoms in total. The van der Waals surface area contributed by atoms with Crippen LogP contribution >= 0.6 is 0 Å². The predicted molar refractivity (Wildman–Crippen MR) is 98.7 cm³/mol. The first kappa shape index (κ1) is 20.6. The maximum atomic E-state index is 12.2. The molecule has 0 aliphatic heterocycles. The van der Waals surface area contributed by atoms with Gasteiger partial charge in [0.15, 0.2) is 0 Å². The van der Waals surface area contributed by atoms with Crippen molar-refractivity contribution in [3.8, 4) is 11.8 Å². The maximum absolute atomic E-state index is 12.2. The summed E-state index contributed by atoms with van der Waals surface area (Å²) in [6.45, 7) is 1.30. The lowest BCUT2D eigenvalue weighted by atomic mass is 10.1. The molecule has 5 N–H and O–H groups in total. The molecule has 2 aromatic rings. The summed E-state index contributed by atoms with van der Waals surface area (Å²) in [5.74, 6) is 3.13. The fraction of sp³-hybridized carbons (Fsp3) is 0.150. The fourth-order valence-electron chi connectivity index (χ4n) is 2.28. The minimum Gasteiger partial charge on any atom is -0.478 e. The van der Waals surface area contributed by atoms with Crippen molar-refractivity contribution < 1.29 is 29.8 Å². The molecule has 2 aromatic carbocycles. The van der Waals surface area contributed by atoms with Gasteiger partial charge in [-0.25, -0.2) is 10.3 Å². The summed E-state index contributed by atoms with van der Waals surface area (Å²) in [4.78, 5) is 34.6. The van der Waals surface area contributed by atoms with Crippen LogP contribution in [0.5, 0.6) is 0 Å². The van der Waals surface area contributed by atoms with E-state index in [0.717, 1.165) is 0 Å². The van der Waals surface area contributed by atoms with E-state index in [1.54, 1.807) is 24.3 Å². The molecule has 0 aliphatic rings. The van der Waals surface area contributed by atoms with Crippen molar-refractivity contribution in [2.45, 2.75) is 19.1 Å². The number of benzene rings is 2. The molecular weight excluding hydrogens is 364 g/mol. The molecule has 0 unspecified atom stereocenters. The summed E-state index contributed by atoms with van der Waals surface area (Å²) >= 11 is 0. The highest BCUT2D eigenvalue weighted by Gasteiger charge is 2.25. The summed E-state index contributed by atoms with van der Waals surface area (Å²) in [6.07, 6.45) is -1.21. The van der Waals surface area contributed by atoms with Gasteiger partial charge in [0.2, 0.25) is 0 Å². The maximum Gasteiger partial charge on any atom is 0.335 e. The third-order valence-electron chi connectivity index (χ3n) is 3.77. The molecule has 2 atom stereocenters. The van der Waals surface area contributed by atoms with Crippen molar-refractivity contribution in [3.05, 3.63) is 70.8 Å². The fourth-order valence-corrected chi connectivity index (χ4v) is 2.28. The van der Waals surface area contributed by atoms with Crippen molar-refractivity contribution in [2.75, 3.05) is 0 Å². The van der Waals surface area contributed by atoms with Crippen LogP contribution in [-0.2, 0) is 4.79 Å². The number of aliphatic hydroxyl groups is 1. The first-order valence-corrected chi connectivity index (χ1v) is 8.20. The second kappa shape index (κ2) is 9.32. The van der Waals surface area contributed by atoms with E-state index in [1.165, 1.54) is 36.7 Å². The number of carboxylic acid groups (broad SMARTS) is 1. The summed E-state index contributed by atoms with van der Waals surface area (Å²) in [7, 11) is 0. The van der Waals surface area contributed by atoms with Gasteiger partial charge in [-0.1, -0.05) is 17.9 Å². The molecule has 0 saturated heterocycles. The predicted octanol–water partition coefficient (Wildman–Crippen LogP) is 0.769. The number of carboxylic acids is 1. The highest BCUT2D eigenvalue weighted by molar-refractivity contribution is 5.97. The number of aliphatic hydroxyl groups excluding tert-OH is 1. The van der Waals surface area contributed by atoms with Gasteiger partial charge in [0.25, 0.3) is 11.8 Å². The van der Waals surface area contributed by atoms with Crippen molar-refractivity contribution in [1.82, 2.24) is 10.8 Å². The second-order valence-corrected chi connectivity index (χ2v) is 5.88. The normalized spacial score (nSPS) is 12.1. The Hall–Kier alpha value is -3.67. The number of hydroxylamine groups is 1. The van der Waals surface area contributed by atoms with E-state index in [1.807, 2.05) is 0 Å². The molecule has 2 rings (SSSR count). The number of aromatic carboxylic acids is 1. The zero-order valence-corrected chi connectivity index (χ0v) is 14.8. The van der Waals surface area contributed by atoms with Gasteiger partial charge in [0.1, 0.15) is 6.04 Å². The number of carbonyl (C=O) groups is 3. The van der Waals surface area contributed by atoms with Gasteiger partial charge in [0.05, 0.1) is 11.7 Å². The highest BCUT2D eigenvalue weighted by atomic mass is 16.5. The van der Waals surface area contributed by atoms with Crippen LogP contribution in [0, 0.1) is 11.8 Å². The molecule has 0 saturated carbocycles. The zero-order chi connectivity index (χ0) is 20.7. The third kappa shape index (κ3) is 5.41. The van der Waals surface area contributed by atoms with Crippen LogP contribution in [0.3, 0.4) is 0 Å². The molecule has 0 fully saturated rings. The van der Waals surface area contributed by atoms with Gasteiger partial charge >= 0.3 is 5.97 Å². The Morgan fingerprint density at radius 3 is 2.18 bits per heavy atom. The molecule has 0 aliphatic carbocycles. The number of hydrogen-bond donors (Lipinski definition) is 5. The molecule has 0 radical (unpaired) electrons. The van der Waals surface area contributed by atoms with Crippen LogP contribution in [0.1, 0.15) is 38.8 Å². The van der Waals surface area contributed by atoms with E-state index in [0.29, 0.717) is 11.1 Å². The molecule has 0 spiro atoms. The summed E-state index contributed by atoms with van der Waals surface area (Å²) in [5.41, 5.74) is 2.89. The van der Waals surface area contributed by atoms with E-state index in [4.69, 9.17) is 10.3 Å². The first-order chi connectivity index (χ1) is 13.3. The van der Waals surface area contributed by atoms with E-state index >= 15 is 0 Å². The van der Waals surface area contributed by atoms with Gasteiger partial charge in [-0.2, -0.15) is 0 Å². The van der Waals surface area contributed by atoms with Gasteiger partial charge in [0, 0.05) is 16.7 Å². The van der Waals surface area contributed by atoms with E-state index in [-0.39, 0.29) is 11.1 Å². The number of amides is 2. The Labute approximate surface area is 160 Å². The highest BCUT2D eigenvalue weighted by Crippen LogP contribution is 2.07. The van der Waals surface area contributed by atoms with Gasteiger partial charge in [-0.3, -0.25) is 14.8 Å². The van der Waals surface area contributed by atoms with E-state index in [2.05, 4.69) is 17.2 Å². The molecule has 0 aromatic heterocycles. The van der Waals surface area contributed by atoms with Crippen molar-refractivity contribution in [1.29, 1.82) is 0 Å². The van der Waals surface area contributed by atoms with Gasteiger partial charge in [-0.15, -0.1) is 0 Å². The standard InChI is InChI=1S/C20H18N2O6/c1-12(23)17(19(25)22-28)21-18(24)15-9-7-13(8-10-15)5-6-14-3-2-4-16(11-14)20(26)27/h2-4,7-12,17,23,28H,1H3,(H,21,24)(H,22,25)(H,26,27)/t12-,17+/m1/s1. The monoisotopic (exact) mass is 382 g/mol. The molecule has 0 heterocycles. The largest absolute Gasteiger partial charge is 0.478 e. The minimum absolute atomic E-state index is 0.137. The Balaban J connectivity index is 2.11. The summed E-state index contributed by atoms with van der Waals surface area (Å²) < 4.78 is 0. The molecule has 144 valence electrons. The second-order valence-electron chi connectivity index (χ2n) is 5.88. The van der Waals surface area contributed by atoms with Crippen molar-refractivity contribution >= 4 is 17.8 Å². The van der Waals surface area contributed by atoms with Crippen LogP contribution in [0.15, 0.2) is 48.5 Å². The van der Waals surface area contributed by atoms with Crippen LogP contribution in [0.4, 0.5) is 0 Å². The van der Waals surface area contributed by atoms with Crippen LogP contribution in [-0.4, -0.2) is 45.3 Å². The average molecular weight is 382 g/mol. The lowest BCUT2D eigenvalue weighted by Gasteiger charge is -2.19. The Bertz CT molecular complexity index is 941. The average Bonchev–Trinajstić information content (AvgIpc) is 2.70. The van der Waals surface area contributed by atoms with Crippen molar-refractivity contribution in [3.63, 3.8) is 0 Å². The lowest BCUT2D eigenvalue weighted by molar-refractivity contribution is -0.133. The van der Waals surface area contributed by atoms with Crippen LogP contribution in [0.2, 0.25) is 0 Å². The summed E-state index contributed by atoms with van der Waals surface area (Å²) in [5, 5.41) is 29.5. The molecular formula is C20H18N2O6. The smallest absolute Gasteiger partial charge is 0.335 e. The van der Waals surface area contributed by atoms with Crippen LogP contribution < -0.4 is 10.8 Å². The molecule has 8 heteroatoms. The van der Waals surface area contributed by atoms with Gasteiger partial charge < -0.3 is 15.5 Å². The minimum atomic E-state index is -1.31. The molecule has 2 amide bonds. The van der Waals surface area contributed by atoms with E-state index in [9.17, 15) is 19.5 Å². The number of nitrogens with one attached hydrogen (secondary N) is 2. The first-order valence-electron chi connectivity index (χ1n) is 8.20. The summed E-state index contributed by atoms with van der Waals surface area (Å²) in [6, 6.07) is 11.1. The third-order valence-corrected chi connectivity index (χ3v) is 3.77. The number of hydrogen-bond acceptors (Lipinski definition) is 5. The molecule has 28 heavy (non-hydrogen) atoms. The quantitative estimate of drug-likeness (QED) is 0.294. The van der Waals surface area contributed by atoms with Gasteiger partial charge in [-0.05, 0) is 49.4 Å². The Morgan fingerprint density at radius 1 is 0.964 bits per heavy atom. The SMILES string of the molecule is C[C@@H](O)[C@H](NC(=O)c1ccc(C#Cc2cccc(C(=O)O)c2)cc1)C(=O)NO. The molecule has 0 bridgehead atoms.